The highest BCUT2D eigenvalue weighted by Crippen LogP contribution is 2.18. The average Bonchev–Trinajstić information content (AvgIpc) is 2.31. The molecule has 0 aromatic carbocycles. The van der Waals surface area contributed by atoms with Crippen molar-refractivity contribution >= 4 is 0 Å². The van der Waals surface area contributed by atoms with Gasteiger partial charge in [0, 0.05) is 12.2 Å². The van der Waals surface area contributed by atoms with Crippen LogP contribution in [0.4, 0.5) is 0 Å². The highest BCUT2D eigenvalue weighted by Gasteiger charge is 2.14. The molecular formula is C9H17NO. The Morgan fingerprint density at radius 1 is 1.64 bits per heavy atom. The van der Waals surface area contributed by atoms with Crippen molar-refractivity contribution in [1.29, 1.82) is 0 Å². The summed E-state index contributed by atoms with van der Waals surface area (Å²) in [5.74, 6) is 0. The van der Waals surface area contributed by atoms with Gasteiger partial charge >= 0.3 is 0 Å². The molecule has 1 saturated heterocycles. The Morgan fingerprint density at radius 2 is 2.36 bits per heavy atom. The predicted molar refractivity (Wildman–Crippen MR) is 46.2 cm³/mol. The van der Waals surface area contributed by atoms with Crippen LogP contribution in [0.2, 0.25) is 0 Å². The first kappa shape index (κ1) is 8.60. The number of hydrogen-bond acceptors (Lipinski definition) is 2. The standard InChI is InChI=1S/C9H17NO/c1-8(2)11-7-10-6-4-5-9(10)3/h8H,3-7H2,1-2H3. The Bertz CT molecular complexity index is 142. The normalized spacial score (nSPS) is 18.5. The minimum atomic E-state index is 0.323. The molecule has 0 bridgehead atoms. The second kappa shape index (κ2) is 3.77. The van der Waals surface area contributed by atoms with Gasteiger partial charge in [0.2, 0.25) is 0 Å². The van der Waals surface area contributed by atoms with Crippen molar-refractivity contribution in [1.82, 2.24) is 4.90 Å². The molecule has 0 unspecified atom stereocenters. The first-order valence-electron chi connectivity index (χ1n) is 4.24. The molecule has 0 atom stereocenters. The summed E-state index contributed by atoms with van der Waals surface area (Å²) in [7, 11) is 0. The quantitative estimate of drug-likeness (QED) is 0.618. The SMILES string of the molecule is C=C1CCCN1COC(C)C. The maximum atomic E-state index is 5.46. The van der Waals surface area contributed by atoms with Gasteiger partial charge in [0.05, 0.1) is 6.10 Å². The van der Waals surface area contributed by atoms with Gasteiger partial charge in [-0.3, -0.25) is 0 Å². The maximum Gasteiger partial charge on any atom is 0.119 e. The lowest BCUT2D eigenvalue weighted by Crippen LogP contribution is -2.23. The van der Waals surface area contributed by atoms with E-state index in [4.69, 9.17) is 4.74 Å². The van der Waals surface area contributed by atoms with Gasteiger partial charge in [-0.2, -0.15) is 0 Å². The smallest absolute Gasteiger partial charge is 0.119 e. The Kier molecular flexibility index (Phi) is 2.94. The molecule has 0 saturated carbocycles. The zero-order valence-electron chi connectivity index (χ0n) is 7.47. The molecule has 0 aromatic heterocycles. The molecule has 0 spiro atoms. The predicted octanol–water partition coefficient (Wildman–Crippen LogP) is 1.98. The minimum Gasteiger partial charge on any atom is -0.358 e. The van der Waals surface area contributed by atoms with Gasteiger partial charge < -0.3 is 9.64 Å². The highest BCUT2D eigenvalue weighted by atomic mass is 16.5. The Labute approximate surface area is 68.8 Å². The molecule has 0 aliphatic carbocycles. The van der Waals surface area contributed by atoms with E-state index in [-0.39, 0.29) is 0 Å². The summed E-state index contributed by atoms with van der Waals surface area (Å²) in [6, 6.07) is 0. The van der Waals surface area contributed by atoms with Gasteiger partial charge in [-0.05, 0) is 26.7 Å². The fourth-order valence-electron chi connectivity index (χ4n) is 1.19. The van der Waals surface area contributed by atoms with E-state index in [2.05, 4.69) is 25.3 Å². The fourth-order valence-corrected chi connectivity index (χ4v) is 1.19. The number of hydrogen-bond donors (Lipinski definition) is 0. The summed E-state index contributed by atoms with van der Waals surface area (Å²) < 4.78 is 5.46. The van der Waals surface area contributed by atoms with Crippen LogP contribution in [0.25, 0.3) is 0 Å². The van der Waals surface area contributed by atoms with Crippen LogP contribution < -0.4 is 0 Å². The van der Waals surface area contributed by atoms with Crippen LogP contribution >= 0.6 is 0 Å². The van der Waals surface area contributed by atoms with E-state index in [1.54, 1.807) is 0 Å². The van der Waals surface area contributed by atoms with Crippen LogP contribution in [0, 0.1) is 0 Å². The highest BCUT2D eigenvalue weighted by molar-refractivity contribution is 4.98. The second-order valence-electron chi connectivity index (χ2n) is 3.28. The molecule has 0 amide bonds. The van der Waals surface area contributed by atoms with Crippen LogP contribution in [0.15, 0.2) is 12.3 Å². The summed E-state index contributed by atoms with van der Waals surface area (Å²) in [5, 5.41) is 0. The third-order valence-corrected chi connectivity index (χ3v) is 1.90. The van der Waals surface area contributed by atoms with Gasteiger partial charge in [-0.1, -0.05) is 6.58 Å². The number of rotatable bonds is 3. The summed E-state index contributed by atoms with van der Waals surface area (Å²) in [6.07, 6.45) is 2.70. The monoisotopic (exact) mass is 155 g/mol. The number of likely N-dealkylation sites (tertiary alicyclic amines) is 1. The third kappa shape index (κ3) is 2.54. The zero-order chi connectivity index (χ0) is 8.27. The van der Waals surface area contributed by atoms with Gasteiger partial charge in [0.25, 0.3) is 0 Å². The van der Waals surface area contributed by atoms with Crippen LogP contribution in [0.1, 0.15) is 26.7 Å². The second-order valence-corrected chi connectivity index (χ2v) is 3.28. The minimum absolute atomic E-state index is 0.323. The summed E-state index contributed by atoms with van der Waals surface area (Å²) in [5.41, 5.74) is 1.23. The fraction of sp³-hybridized carbons (Fsp3) is 0.778. The Morgan fingerprint density at radius 3 is 2.82 bits per heavy atom. The lowest BCUT2D eigenvalue weighted by Gasteiger charge is -2.20. The zero-order valence-corrected chi connectivity index (χ0v) is 7.47. The van der Waals surface area contributed by atoms with E-state index in [1.807, 2.05) is 0 Å². The van der Waals surface area contributed by atoms with Crippen LogP contribution in [-0.4, -0.2) is 24.3 Å². The van der Waals surface area contributed by atoms with Crippen molar-refractivity contribution in [2.75, 3.05) is 13.3 Å². The third-order valence-electron chi connectivity index (χ3n) is 1.90. The first-order valence-corrected chi connectivity index (χ1v) is 4.24. The Hall–Kier alpha value is -0.500. The van der Waals surface area contributed by atoms with Crippen molar-refractivity contribution < 1.29 is 4.74 Å². The van der Waals surface area contributed by atoms with E-state index in [1.165, 1.54) is 12.1 Å². The molecule has 1 heterocycles. The van der Waals surface area contributed by atoms with Crippen molar-refractivity contribution in [3.8, 4) is 0 Å². The van der Waals surface area contributed by atoms with Gasteiger partial charge in [-0.25, -0.2) is 0 Å². The van der Waals surface area contributed by atoms with Crippen molar-refractivity contribution in [3.05, 3.63) is 12.3 Å². The van der Waals surface area contributed by atoms with E-state index in [0.29, 0.717) is 6.10 Å². The molecule has 0 aromatic rings. The average molecular weight is 155 g/mol. The Balaban J connectivity index is 2.20. The summed E-state index contributed by atoms with van der Waals surface area (Å²) in [4.78, 5) is 2.21. The van der Waals surface area contributed by atoms with E-state index >= 15 is 0 Å². The van der Waals surface area contributed by atoms with Crippen molar-refractivity contribution in [2.24, 2.45) is 0 Å². The van der Waals surface area contributed by atoms with Gasteiger partial charge in [0.15, 0.2) is 0 Å². The van der Waals surface area contributed by atoms with Crippen LogP contribution in [0.3, 0.4) is 0 Å². The molecule has 1 fully saturated rings. The number of nitrogens with zero attached hydrogens (tertiary/aromatic N) is 1. The summed E-state index contributed by atoms with van der Waals surface area (Å²) in [6.45, 7) is 9.90. The molecule has 2 nitrogen and oxygen atoms in total. The van der Waals surface area contributed by atoms with E-state index < -0.39 is 0 Å². The molecule has 2 heteroatoms. The van der Waals surface area contributed by atoms with Crippen molar-refractivity contribution in [2.45, 2.75) is 32.8 Å². The number of ether oxygens (including phenoxy) is 1. The van der Waals surface area contributed by atoms with Gasteiger partial charge in [-0.15, -0.1) is 0 Å². The lowest BCUT2D eigenvalue weighted by molar-refractivity contribution is 0.0147. The topological polar surface area (TPSA) is 12.5 Å². The van der Waals surface area contributed by atoms with Gasteiger partial charge in [0.1, 0.15) is 6.73 Å². The molecule has 1 aliphatic rings. The van der Waals surface area contributed by atoms with Crippen molar-refractivity contribution in [3.63, 3.8) is 0 Å². The molecule has 11 heavy (non-hydrogen) atoms. The van der Waals surface area contributed by atoms with Crippen LogP contribution in [-0.2, 0) is 4.74 Å². The summed E-state index contributed by atoms with van der Waals surface area (Å²) >= 11 is 0. The maximum absolute atomic E-state index is 5.46. The lowest BCUT2D eigenvalue weighted by atomic mass is 10.3. The largest absolute Gasteiger partial charge is 0.358 e. The molecule has 1 aliphatic heterocycles. The molecule has 0 N–H and O–H groups in total. The molecular weight excluding hydrogens is 138 g/mol. The number of allylic oxidation sites excluding steroid dienone is 1. The van der Waals surface area contributed by atoms with E-state index in [9.17, 15) is 0 Å². The molecule has 64 valence electrons. The molecule has 1 rings (SSSR count). The molecule has 0 radical (unpaired) electrons. The van der Waals surface area contributed by atoms with Crippen LogP contribution in [0.5, 0.6) is 0 Å². The van der Waals surface area contributed by atoms with E-state index in [0.717, 1.165) is 19.7 Å². The first-order chi connectivity index (χ1) is 5.20.